The molecule has 0 bridgehead atoms. The molecule has 0 radical (unpaired) electrons. The molecule has 0 saturated carbocycles. The van der Waals surface area contributed by atoms with Crippen LogP contribution in [0.3, 0.4) is 0 Å². The van der Waals surface area contributed by atoms with Crippen LogP contribution in [0.1, 0.15) is 72.9 Å². The van der Waals surface area contributed by atoms with Crippen molar-refractivity contribution in [3.63, 3.8) is 0 Å². The number of imidazole rings is 1. The number of fused-ring (bicyclic) bond motifs is 1. The molecule has 0 saturated heterocycles. The fourth-order valence-electron chi connectivity index (χ4n) is 4.34. The van der Waals surface area contributed by atoms with E-state index in [1.807, 2.05) is 56.3 Å². The number of aromatic nitrogens is 2. The highest BCUT2D eigenvalue weighted by molar-refractivity contribution is 5.95. The molecule has 3 aromatic carbocycles. The Morgan fingerprint density at radius 1 is 0.943 bits per heavy atom. The minimum absolute atomic E-state index is 0.0777. The lowest BCUT2D eigenvalue weighted by molar-refractivity contribution is 0.0937. The van der Waals surface area contributed by atoms with Crippen molar-refractivity contribution in [3.05, 3.63) is 95.3 Å². The SMILES string of the molecule is Cc1ccccc1C(=O)NC(C)c1nc2ccccc2n1CCCCOc1ccc(C(C)C)cc1. The summed E-state index contributed by atoms with van der Waals surface area (Å²) in [6.07, 6.45) is 1.89. The molecule has 5 heteroatoms. The van der Waals surface area contributed by atoms with Crippen molar-refractivity contribution in [2.24, 2.45) is 0 Å². The lowest BCUT2D eigenvalue weighted by Crippen LogP contribution is -2.29. The van der Waals surface area contributed by atoms with Gasteiger partial charge < -0.3 is 14.6 Å². The summed E-state index contributed by atoms with van der Waals surface area (Å²) in [7, 11) is 0. The number of carbonyl (C=O) groups excluding carboxylic acids is 1. The van der Waals surface area contributed by atoms with Crippen LogP contribution in [0.25, 0.3) is 11.0 Å². The molecule has 0 fully saturated rings. The van der Waals surface area contributed by atoms with Crippen LogP contribution in [-0.4, -0.2) is 22.1 Å². The summed E-state index contributed by atoms with van der Waals surface area (Å²) in [5.41, 5.74) is 5.01. The molecule has 1 heterocycles. The Kier molecular flexibility index (Phi) is 7.86. The maximum absolute atomic E-state index is 12.9. The van der Waals surface area contributed by atoms with E-state index in [0.29, 0.717) is 18.1 Å². The lowest BCUT2D eigenvalue weighted by Gasteiger charge is -2.17. The van der Waals surface area contributed by atoms with Crippen LogP contribution in [0.5, 0.6) is 5.75 Å². The molecule has 1 amide bonds. The summed E-state index contributed by atoms with van der Waals surface area (Å²) in [5, 5.41) is 3.14. The summed E-state index contributed by atoms with van der Waals surface area (Å²) < 4.78 is 8.19. The zero-order chi connectivity index (χ0) is 24.8. The number of benzene rings is 3. The average Bonchev–Trinajstić information content (AvgIpc) is 3.23. The molecule has 0 spiro atoms. The van der Waals surface area contributed by atoms with Crippen LogP contribution >= 0.6 is 0 Å². The predicted octanol–water partition coefficient (Wildman–Crippen LogP) is 6.82. The number of carbonyl (C=O) groups is 1. The van der Waals surface area contributed by atoms with E-state index in [2.05, 4.69) is 54.1 Å². The number of para-hydroxylation sites is 2. The van der Waals surface area contributed by atoms with E-state index >= 15 is 0 Å². The van der Waals surface area contributed by atoms with E-state index in [4.69, 9.17) is 9.72 Å². The lowest BCUT2D eigenvalue weighted by atomic mass is 10.0. The maximum Gasteiger partial charge on any atom is 0.252 e. The number of ether oxygens (including phenoxy) is 1. The standard InChI is InChI=1S/C30H35N3O2/c1-21(2)24-15-17-25(18-16-24)35-20-10-9-19-33-28-14-8-7-13-27(28)32-29(33)23(4)31-30(34)26-12-6-5-11-22(26)3/h5-8,11-18,21,23H,9-10,19-20H2,1-4H3,(H,31,34). The Balaban J connectivity index is 1.40. The van der Waals surface area contributed by atoms with Crippen molar-refractivity contribution >= 4 is 16.9 Å². The molecular weight excluding hydrogens is 434 g/mol. The van der Waals surface area contributed by atoms with Gasteiger partial charge in [-0.15, -0.1) is 0 Å². The number of hydrogen-bond acceptors (Lipinski definition) is 3. The monoisotopic (exact) mass is 469 g/mol. The maximum atomic E-state index is 12.9. The first-order valence-corrected chi connectivity index (χ1v) is 12.5. The van der Waals surface area contributed by atoms with Crippen LogP contribution in [0.15, 0.2) is 72.8 Å². The number of amides is 1. The Morgan fingerprint density at radius 3 is 2.40 bits per heavy atom. The molecule has 35 heavy (non-hydrogen) atoms. The summed E-state index contributed by atoms with van der Waals surface area (Å²) in [5.74, 6) is 2.23. The molecule has 5 nitrogen and oxygen atoms in total. The van der Waals surface area contributed by atoms with Gasteiger partial charge in [-0.1, -0.05) is 56.3 Å². The third-order valence-corrected chi connectivity index (χ3v) is 6.40. The largest absolute Gasteiger partial charge is 0.494 e. The van der Waals surface area contributed by atoms with Crippen molar-refractivity contribution in [2.45, 2.75) is 59.0 Å². The minimum Gasteiger partial charge on any atom is -0.494 e. The zero-order valence-electron chi connectivity index (χ0n) is 21.1. The van der Waals surface area contributed by atoms with Gasteiger partial charge in [-0.2, -0.15) is 0 Å². The molecule has 4 aromatic rings. The quantitative estimate of drug-likeness (QED) is 0.259. The van der Waals surface area contributed by atoms with E-state index < -0.39 is 0 Å². The van der Waals surface area contributed by atoms with E-state index in [0.717, 1.165) is 47.6 Å². The second kappa shape index (κ2) is 11.2. The molecule has 0 aliphatic heterocycles. The molecule has 1 aromatic heterocycles. The van der Waals surface area contributed by atoms with Gasteiger partial charge in [0.25, 0.3) is 5.91 Å². The van der Waals surface area contributed by atoms with Gasteiger partial charge in [-0.25, -0.2) is 4.98 Å². The number of nitrogens with one attached hydrogen (secondary N) is 1. The number of rotatable bonds is 10. The van der Waals surface area contributed by atoms with Gasteiger partial charge in [-0.05, 0) is 74.1 Å². The molecule has 0 aliphatic carbocycles. The molecule has 1 atom stereocenters. The van der Waals surface area contributed by atoms with Crippen LogP contribution in [0.2, 0.25) is 0 Å². The summed E-state index contributed by atoms with van der Waals surface area (Å²) in [6.45, 7) is 9.82. The number of unbranched alkanes of at least 4 members (excludes halogenated alkanes) is 1. The third kappa shape index (κ3) is 5.91. The van der Waals surface area contributed by atoms with Crippen molar-refractivity contribution in [3.8, 4) is 5.75 Å². The third-order valence-electron chi connectivity index (χ3n) is 6.40. The fourth-order valence-corrected chi connectivity index (χ4v) is 4.34. The highest BCUT2D eigenvalue weighted by Crippen LogP contribution is 2.23. The van der Waals surface area contributed by atoms with Gasteiger partial charge in [0.1, 0.15) is 11.6 Å². The normalized spacial score (nSPS) is 12.1. The Morgan fingerprint density at radius 2 is 1.66 bits per heavy atom. The van der Waals surface area contributed by atoms with Crippen LogP contribution in [-0.2, 0) is 6.54 Å². The average molecular weight is 470 g/mol. The zero-order valence-corrected chi connectivity index (χ0v) is 21.1. The van der Waals surface area contributed by atoms with Crippen LogP contribution < -0.4 is 10.1 Å². The topological polar surface area (TPSA) is 56.2 Å². The molecular formula is C30H35N3O2. The summed E-state index contributed by atoms with van der Waals surface area (Å²) >= 11 is 0. The van der Waals surface area contributed by atoms with Gasteiger partial charge in [-0.3, -0.25) is 4.79 Å². The Labute approximate surface area is 208 Å². The smallest absolute Gasteiger partial charge is 0.252 e. The van der Waals surface area contributed by atoms with E-state index in [1.165, 1.54) is 5.56 Å². The Hall–Kier alpha value is -3.60. The fraction of sp³-hybridized carbons (Fsp3) is 0.333. The van der Waals surface area contributed by atoms with Gasteiger partial charge >= 0.3 is 0 Å². The minimum atomic E-state index is -0.217. The van der Waals surface area contributed by atoms with Crippen molar-refractivity contribution in [2.75, 3.05) is 6.61 Å². The Bertz CT molecular complexity index is 1270. The number of hydrogen-bond donors (Lipinski definition) is 1. The van der Waals surface area contributed by atoms with E-state index in [9.17, 15) is 4.79 Å². The highest BCUT2D eigenvalue weighted by Gasteiger charge is 2.19. The first-order chi connectivity index (χ1) is 16.9. The second-order valence-corrected chi connectivity index (χ2v) is 9.40. The molecule has 182 valence electrons. The number of aryl methyl sites for hydroxylation is 2. The summed E-state index contributed by atoms with van der Waals surface area (Å²) in [6, 6.07) is 23.9. The summed E-state index contributed by atoms with van der Waals surface area (Å²) in [4.78, 5) is 17.8. The molecule has 1 N–H and O–H groups in total. The number of nitrogens with zero attached hydrogens (tertiary/aromatic N) is 2. The van der Waals surface area contributed by atoms with Crippen molar-refractivity contribution in [1.29, 1.82) is 0 Å². The van der Waals surface area contributed by atoms with Gasteiger partial charge in [0.2, 0.25) is 0 Å². The van der Waals surface area contributed by atoms with Gasteiger partial charge in [0.15, 0.2) is 0 Å². The van der Waals surface area contributed by atoms with Gasteiger partial charge in [0, 0.05) is 12.1 Å². The second-order valence-electron chi connectivity index (χ2n) is 9.40. The first kappa shape index (κ1) is 24.5. The molecule has 0 aliphatic rings. The van der Waals surface area contributed by atoms with E-state index in [1.54, 1.807) is 0 Å². The van der Waals surface area contributed by atoms with E-state index in [-0.39, 0.29) is 11.9 Å². The van der Waals surface area contributed by atoms with Crippen molar-refractivity contribution in [1.82, 2.24) is 14.9 Å². The predicted molar refractivity (Wildman–Crippen MR) is 142 cm³/mol. The van der Waals surface area contributed by atoms with Crippen LogP contribution in [0, 0.1) is 6.92 Å². The van der Waals surface area contributed by atoms with Crippen LogP contribution in [0.4, 0.5) is 0 Å². The highest BCUT2D eigenvalue weighted by atomic mass is 16.5. The molecule has 1 unspecified atom stereocenters. The van der Waals surface area contributed by atoms with Crippen molar-refractivity contribution < 1.29 is 9.53 Å². The first-order valence-electron chi connectivity index (χ1n) is 12.5. The molecule has 4 rings (SSSR count). The van der Waals surface area contributed by atoms with Gasteiger partial charge in [0.05, 0.1) is 23.7 Å².